The first-order valence-electron chi connectivity index (χ1n) is 7.49. The monoisotopic (exact) mass is 391 g/mol. The minimum Gasteiger partial charge on any atom is -0.465 e. The summed E-state index contributed by atoms with van der Waals surface area (Å²) in [6, 6.07) is 5.20. The Kier molecular flexibility index (Phi) is 5.59. The number of hydrogen-bond acceptors (Lipinski definition) is 5. The molecular weight excluding hydrogens is 373 g/mol. The van der Waals surface area contributed by atoms with E-state index in [1.54, 1.807) is 6.08 Å². The number of hydrogen-bond donors (Lipinski definition) is 1. The van der Waals surface area contributed by atoms with Crippen LogP contribution in [0.15, 0.2) is 48.2 Å². The highest BCUT2D eigenvalue weighted by Gasteiger charge is 2.50. The van der Waals surface area contributed by atoms with E-state index in [4.69, 9.17) is 5.73 Å². The zero-order valence-electron chi connectivity index (χ0n) is 13.9. The summed E-state index contributed by atoms with van der Waals surface area (Å²) in [6.45, 7) is -0.252. The standard InChI is InChI=1S/C16H18F3N2O4S/c1-25-15(22)13-4-6-14(7-5-13)21(8-2-3-12(9-20)10-21)26(23,24)11-16(17,18)19/h2-7,10H,8-9,11,20H2,1H3/q+1. The minimum absolute atomic E-state index is 0.0295. The van der Waals surface area contributed by atoms with E-state index in [2.05, 4.69) is 4.74 Å². The molecule has 6 nitrogen and oxygen atoms in total. The van der Waals surface area contributed by atoms with Crippen LogP contribution in [-0.2, 0) is 14.8 Å². The number of alkyl halides is 3. The van der Waals surface area contributed by atoms with Gasteiger partial charge in [-0.1, -0.05) is 6.08 Å². The maximum atomic E-state index is 12.9. The molecule has 1 aliphatic rings. The van der Waals surface area contributed by atoms with E-state index in [1.807, 2.05) is 0 Å². The number of methoxy groups -OCH3 is 1. The zero-order chi connectivity index (χ0) is 19.6. The van der Waals surface area contributed by atoms with E-state index >= 15 is 0 Å². The van der Waals surface area contributed by atoms with Crippen LogP contribution in [0.1, 0.15) is 10.4 Å². The van der Waals surface area contributed by atoms with Crippen LogP contribution in [-0.4, -0.2) is 46.5 Å². The third-order valence-electron chi connectivity index (χ3n) is 3.89. The van der Waals surface area contributed by atoms with E-state index < -0.39 is 31.8 Å². The van der Waals surface area contributed by atoms with Gasteiger partial charge >= 0.3 is 22.2 Å². The summed E-state index contributed by atoms with van der Waals surface area (Å²) in [6.07, 6.45) is -0.658. The van der Waals surface area contributed by atoms with Gasteiger partial charge in [-0.2, -0.15) is 25.5 Å². The molecular formula is C16H18F3N2O4S+. The van der Waals surface area contributed by atoms with Crippen molar-refractivity contribution in [1.29, 1.82) is 0 Å². The number of carbonyl (C=O) groups excluding carboxylic acids is 1. The van der Waals surface area contributed by atoms with Crippen LogP contribution in [0.5, 0.6) is 0 Å². The normalized spacial score (nSPS) is 20.6. The highest BCUT2D eigenvalue weighted by molar-refractivity contribution is 7.91. The molecule has 0 radical (unpaired) electrons. The predicted molar refractivity (Wildman–Crippen MR) is 90.6 cm³/mol. The first-order valence-corrected chi connectivity index (χ1v) is 9.10. The van der Waals surface area contributed by atoms with Crippen molar-refractivity contribution < 1.29 is 31.1 Å². The lowest BCUT2D eigenvalue weighted by Crippen LogP contribution is -2.54. The Balaban J connectivity index is 2.61. The van der Waals surface area contributed by atoms with E-state index in [9.17, 15) is 26.4 Å². The molecule has 1 heterocycles. The molecule has 1 atom stereocenters. The van der Waals surface area contributed by atoms with Gasteiger partial charge in [0, 0.05) is 24.3 Å². The van der Waals surface area contributed by atoms with Gasteiger partial charge in [-0.25, -0.2) is 4.79 Å². The number of ether oxygens (including phenoxy) is 1. The van der Waals surface area contributed by atoms with Gasteiger partial charge < -0.3 is 10.5 Å². The third-order valence-corrected chi connectivity index (χ3v) is 6.04. The predicted octanol–water partition coefficient (Wildman–Crippen LogP) is 2.08. The SMILES string of the molecule is COC(=O)c1ccc([N+]2(S(=O)(=O)CC(F)(F)F)C=C(CN)C=CC2)cc1. The Bertz CT molecular complexity index is 845. The van der Waals surface area contributed by atoms with Gasteiger partial charge in [-0.3, -0.25) is 0 Å². The van der Waals surface area contributed by atoms with Gasteiger partial charge in [0.05, 0.1) is 12.7 Å². The lowest BCUT2D eigenvalue weighted by atomic mass is 10.1. The summed E-state index contributed by atoms with van der Waals surface area (Å²) in [5.41, 5.74) is 6.15. The fraction of sp³-hybridized carbons (Fsp3) is 0.312. The molecule has 0 aromatic heterocycles. The van der Waals surface area contributed by atoms with Crippen molar-refractivity contribution in [3.8, 4) is 0 Å². The number of nitrogens with two attached hydrogens (primary N) is 1. The highest BCUT2D eigenvalue weighted by atomic mass is 32.2. The average Bonchev–Trinajstić information content (AvgIpc) is 2.59. The Hall–Kier alpha value is -2.17. The fourth-order valence-electron chi connectivity index (χ4n) is 2.67. The molecule has 1 aliphatic heterocycles. The molecule has 2 N–H and O–H groups in total. The maximum Gasteiger partial charge on any atom is 0.408 e. The van der Waals surface area contributed by atoms with Crippen molar-refractivity contribution in [2.45, 2.75) is 6.18 Å². The first-order chi connectivity index (χ1) is 12.0. The molecule has 0 saturated heterocycles. The number of esters is 1. The van der Waals surface area contributed by atoms with Crippen molar-refractivity contribution in [2.24, 2.45) is 5.73 Å². The van der Waals surface area contributed by atoms with Crippen molar-refractivity contribution in [3.05, 3.63) is 53.8 Å². The number of carbonyl (C=O) groups is 1. The highest BCUT2D eigenvalue weighted by Crippen LogP contribution is 2.35. The molecule has 10 heteroatoms. The van der Waals surface area contributed by atoms with Crippen molar-refractivity contribution in [1.82, 2.24) is 3.89 Å². The second-order valence-electron chi connectivity index (χ2n) is 5.67. The summed E-state index contributed by atoms with van der Waals surface area (Å²) < 4.78 is 67.5. The van der Waals surface area contributed by atoms with Crippen LogP contribution in [0, 0.1) is 0 Å². The minimum atomic E-state index is -4.89. The molecule has 2 rings (SSSR count). The molecule has 0 aliphatic carbocycles. The van der Waals surface area contributed by atoms with E-state index in [-0.39, 0.29) is 24.3 Å². The molecule has 0 saturated carbocycles. The molecule has 0 spiro atoms. The Morgan fingerprint density at radius 2 is 1.88 bits per heavy atom. The Labute approximate surface area is 149 Å². The largest absolute Gasteiger partial charge is 0.465 e. The van der Waals surface area contributed by atoms with Gasteiger partial charge in [0.2, 0.25) is 0 Å². The van der Waals surface area contributed by atoms with Crippen LogP contribution in [0.4, 0.5) is 18.9 Å². The summed E-state index contributed by atoms with van der Waals surface area (Å²) in [7, 11) is -3.54. The third kappa shape index (κ3) is 3.97. The Morgan fingerprint density at radius 3 is 2.38 bits per heavy atom. The second-order valence-corrected chi connectivity index (χ2v) is 7.77. The summed E-state index contributed by atoms with van der Waals surface area (Å²) >= 11 is 0. The first kappa shape index (κ1) is 20.1. The van der Waals surface area contributed by atoms with Gasteiger partial charge in [0.1, 0.15) is 12.7 Å². The summed E-state index contributed by atoms with van der Waals surface area (Å²) in [4.78, 5) is 11.5. The van der Waals surface area contributed by atoms with E-state index in [0.29, 0.717) is 5.57 Å². The van der Waals surface area contributed by atoms with Crippen LogP contribution in [0.2, 0.25) is 0 Å². The van der Waals surface area contributed by atoms with Gasteiger partial charge in [-0.15, -0.1) is 0 Å². The van der Waals surface area contributed by atoms with Crippen molar-refractivity contribution in [2.75, 3.05) is 26.0 Å². The lowest BCUT2D eigenvalue weighted by molar-refractivity contribution is -0.106. The molecule has 26 heavy (non-hydrogen) atoms. The smallest absolute Gasteiger partial charge is 0.408 e. The van der Waals surface area contributed by atoms with Crippen LogP contribution >= 0.6 is 0 Å². The van der Waals surface area contributed by atoms with Crippen LogP contribution < -0.4 is 9.62 Å². The number of benzene rings is 1. The molecule has 142 valence electrons. The number of nitrogens with zero attached hydrogens (tertiary/aromatic N) is 1. The zero-order valence-corrected chi connectivity index (χ0v) is 14.7. The van der Waals surface area contributed by atoms with Gasteiger partial charge in [-0.05, 0) is 18.2 Å². The van der Waals surface area contributed by atoms with Crippen molar-refractivity contribution in [3.63, 3.8) is 0 Å². The van der Waals surface area contributed by atoms with E-state index in [1.165, 1.54) is 43.7 Å². The van der Waals surface area contributed by atoms with E-state index in [0.717, 1.165) is 0 Å². The average molecular weight is 391 g/mol. The van der Waals surface area contributed by atoms with Crippen LogP contribution in [0.3, 0.4) is 0 Å². The quantitative estimate of drug-likeness (QED) is 0.614. The molecule has 1 aromatic carbocycles. The van der Waals surface area contributed by atoms with Crippen LogP contribution in [0.25, 0.3) is 0 Å². The maximum absolute atomic E-state index is 12.9. The topological polar surface area (TPSA) is 86.5 Å². The van der Waals surface area contributed by atoms with Crippen molar-refractivity contribution >= 4 is 21.7 Å². The molecule has 1 aromatic rings. The summed E-state index contributed by atoms with van der Waals surface area (Å²) in [5.74, 6) is -2.63. The number of sulfonamides is 1. The number of halogens is 3. The molecule has 1 unspecified atom stereocenters. The number of quaternary nitrogens is 1. The number of rotatable bonds is 5. The fourth-order valence-corrected chi connectivity index (χ4v) is 4.37. The molecule has 0 bridgehead atoms. The van der Waals surface area contributed by atoms with Gasteiger partial charge in [0.15, 0.2) is 11.4 Å². The second kappa shape index (κ2) is 7.22. The Morgan fingerprint density at radius 1 is 1.27 bits per heavy atom. The molecule has 0 amide bonds. The molecule has 0 fully saturated rings. The van der Waals surface area contributed by atoms with Gasteiger partial charge in [0.25, 0.3) is 0 Å². The lowest BCUT2D eigenvalue weighted by Gasteiger charge is -2.34. The summed E-state index contributed by atoms with van der Waals surface area (Å²) in [5, 5.41) is 0.